The normalized spacial score (nSPS) is 10.8. The van der Waals surface area contributed by atoms with Crippen LogP contribution in [0.25, 0.3) is 0 Å². The maximum absolute atomic E-state index is 11.6. The largest absolute Gasteiger partial charge is 0.343 e. The van der Waals surface area contributed by atoms with Gasteiger partial charge in [-0.05, 0) is 18.2 Å². The predicted octanol–water partition coefficient (Wildman–Crippen LogP) is 0.771. The molecule has 0 fully saturated rings. The van der Waals surface area contributed by atoms with Crippen LogP contribution in [0.5, 0.6) is 0 Å². The highest BCUT2D eigenvalue weighted by molar-refractivity contribution is 7.99. The fourth-order valence-electron chi connectivity index (χ4n) is 1.65. The van der Waals surface area contributed by atoms with Gasteiger partial charge >= 0.3 is 5.69 Å². The molecule has 2 aromatic rings. The lowest BCUT2D eigenvalue weighted by Crippen LogP contribution is -2.17. The van der Waals surface area contributed by atoms with Crippen molar-refractivity contribution >= 4 is 17.6 Å². The fourth-order valence-corrected chi connectivity index (χ4v) is 2.54. The molecule has 4 N–H and O–H groups in total. The first kappa shape index (κ1) is 14.5. The number of nitrogens with one attached hydrogen (secondary N) is 2. The summed E-state index contributed by atoms with van der Waals surface area (Å²) >= 11 is 1.31. The van der Waals surface area contributed by atoms with Crippen molar-refractivity contribution in [2.24, 2.45) is 5.84 Å². The van der Waals surface area contributed by atoms with Crippen molar-refractivity contribution < 1.29 is 0 Å². The number of nitrogens with two attached hydrogens (primary N) is 1. The van der Waals surface area contributed by atoms with E-state index in [1.165, 1.54) is 11.8 Å². The highest BCUT2D eigenvalue weighted by Crippen LogP contribution is 2.25. The van der Waals surface area contributed by atoms with E-state index < -0.39 is 0 Å². The Hall–Kier alpha value is -1.87. The molecule has 20 heavy (non-hydrogen) atoms. The number of rotatable bonds is 6. The zero-order valence-electron chi connectivity index (χ0n) is 11.4. The number of hydrazine groups is 1. The molecule has 0 radical (unpaired) electrons. The molecule has 8 nitrogen and oxygen atoms in total. The third kappa shape index (κ3) is 3.17. The highest BCUT2D eigenvalue weighted by atomic mass is 32.2. The second-order valence-corrected chi connectivity index (χ2v) is 5.06. The van der Waals surface area contributed by atoms with Crippen LogP contribution in [0.1, 0.15) is 26.1 Å². The van der Waals surface area contributed by atoms with Crippen LogP contribution >= 0.6 is 11.8 Å². The summed E-state index contributed by atoms with van der Waals surface area (Å²) in [5, 5.41) is 7.75. The first-order chi connectivity index (χ1) is 9.67. The maximum Gasteiger partial charge on any atom is 0.343 e. The van der Waals surface area contributed by atoms with E-state index in [4.69, 9.17) is 5.84 Å². The second kappa shape index (κ2) is 6.53. The van der Waals surface area contributed by atoms with Gasteiger partial charge in [0, 0.05) is 19.0 Å². The standard InChI is InChI=1S/C11H17N7OS/c1-3-5-18-10(19)16-17-11(18)20-9-6-8(15-12)13-7(4-2)14-9/h6H,3-5,12H2,1-2H3,(H,16,19)(H,13,14,15). The molecular formula is C11H17N7OS. The molecule has 0 spiro atoms. The van der Waals surface area contributed by atoms with Gasteiger partial charge in [-0.25, -0.2) is 25.7 Å². The second-order valence-electron chi connectivity index (χ2n) is 4.07. The summed E-state index contributed by atoms with van der Waals surface area (Å²) in [5.41, 5.74) is 2.30. The smallest absolute Gasteiger partial charge is 0.308 e. The van der Waals surface area contributed by atoms with Crippen LogP contribution in [0, 0.1) is 0 Å². The third-order valence-electron chi connectivity index (χ3n) is 2.58. The van der Waals surface area contributed by atoms with Gasteiger partial charge in [-0.3, -0.25) is 4.57 Å². The van der Waals surface area contributed by atoms with Crippen LogP contribution in [-0.4, -0.2) is 24.7 Å². The molecule has 0 unspecified atom stereocenters. The van der Waals surface area contributed by atoms with E-state index in [2.05, 4.69) is 25.6 Å². The van der Waals surface area contributed by atoms with Gasteiger partial charge in [0.15, 0.2) is 5.16 Å². The zero-order valence-corrected chi connectivity index (χ0v) is 12.2. The molecular weight excluding hydrogens is 278 g/mol. The average Bonchev–Trinajstić information content (AvgIpc) is 2.80. The van der Waals surface area contributed by atoms with Gasteiger partial charge in [-0.1, -0.05) is 13.8 Å². The molecule has 0 aliphatic heterocycles. The predicted molar refractivity (Wildman–Crippen MR) is 76.5 cm³/mol. The van der Waals surface area contributed by atoms with Crippen LogP contribution in [-0.2, 0) is 13.0 Å². The molecule has 2 heterocycles. The molecule has 0 saturated carbocycles. The molecule has 0 aliphatic rings. The summed E-state index contributed by atoms with van der Waals surface area (Å²) in [4.78, 5) is 20.2. The van der Waals surface area contributed by atoms with Gasteiger partial charge in [0.05, 0.1) is 0 Å². The zero-order chi connectivity index (χ0) is 14.5. The molecule has 0 atom stereocenters. The van der Waals surface area contributed by atoms with Crippen LogP contribution < -0.4 is 17.0 Å². The average molecular weight is 295 g/mol. The van der Waals surface area contributed by atoms with Crippen molar-refractivity contribution in [1.82, 2.24) is 24.7 Å². The third-order valence-corrected chi connectivity index (χ3v) is 3.49. The summed E-state index contributed by atoms with van der Waals surface area (Å²) in [6.45, 7) is 4.58. The topological polar surface area (TPSA) is 115 Å². The Bertz CT molecular complexity index is 614. The number of H-pyrrole nitrogens is 1. The molecule has 2 rings (SSSR count). The van der Waals surface area contributed by atoms with E-state index in [0.29, 0.717) is 34.8 Å². The van der Waals surface area contributed by atoms with Crippen LogP contribution in [0.15, 0.2) is 21.0 Å². The number of nitrogen functional groups attached to an aromatic ring is 1. The number of anilines is 1. The van der Waals surface area contributed by atoms with Gasteiger partial charge in [0.25, 0.3) is 0 Å². The minimum atomic E-state index is -0.212. The maximum atomic E-state index is 11.6. The SMILES string of the molecule is CCCn1c(Sc2cc(NN)nc(CC)n2)n[nH]c1=O. The molecule has 0 amide bonds. The molecule has 0 saturated heterocycles. The first-order valence-electron chi connectivity index (χ1n) is 6.35. The highest BCUT2D eigenvalue weighted by Gasteiger charge is 2.11. The van der Waals surface area contributed by atoms with Crippen LogP contribution in [0.4, 0.5) is 5.82 Å². The van der Waals surface area contributed by atoms with E-state index in [1.807, 2.05) is 13.8 Å². The van der Waals surface area contributed by atoms with Crippen molar-refractivity contribution in [2.75, 3.05) is 5.43 Å². The first-order valence-corrected chi connectivity index (χ1v) is 7.17. The van der Waals surface area contributed by atoms with Gasteiger partial charge in [0.1, 0.15) is 16.7 Å². The molecule has 9 heteroatoms. The lowest BCUT2D eigenvalue weighted by Gasteiger charge is -2.06. The van der Waals surface area contributed by atoms with Gasteiger partial charge in [0.2, 0.25) is 0 Å². The van der Waals surface area contributed by atoms with E-state index >= 15 is 0 Å². The minimum absolute atomic E-state index is 0.212. The van der Waals surface area contributed by atoms with Crippen LogP contribution in [0.2, 0.25) is 0 Å². The van der Waals surface area contributed by atoms with Crippen molar-refractivity contribution in [1.29, 1.82) is 0 Å². The summed E-state index contributed by atoms with van der Waals surface area (Å²) in [6, 6.07) is 1.72. The Morgan fingerprint density at radius 3 is 2.90 bits per heavy atom. The van der Waals surface area contributed by atoms with E-state index in [0.717, 1.165) is 6.42 Å². The van der Waals surface area contributed by atoms with Crippen molar-refractivity contribution in [3.8, 4) is 0 Å². The fraction of sp³-hybridized carbons (Fsp3) is 0.455. The molecule has 0 aromatic carbocycles. The number of aryl methyl sites for hydroxylation is 1. The number of hydrogen-bond acceptors (Lipinski definition) is 7. The number of hydrogen-bond donors (Lipinski definition) is 3. The van der Waals surface area contributed by atoms with Crippen molar-refractivity contribution in [3.63, 3.8) is 0 Å². The summed E-state index contributed by atoms with van der Waals surface area (Å²) in [7, 11) is 0. The van der Waals surface area contributed by atoms with Gasteiger partial charge in [-0.2, -0.15) is 0 Å². The van der Waals surface area contributed by atoms with E-state index in [9.17, 15) is 4.79 Å². The lowest BCUT2D eigenvalue weighted by atomic mass is 10.4. The number of aromatic nitrogens is 5. The lowest BCUT2D eigenvalue weighted by molar-refractivity contribution is 0.603. The van der Waals surface area contributed by atoms with Gasteiger partial charge < -0.3 is 5.43 Å². The Labute approximate surface area is 120 Å². The molecule has 0 bridgehead atoms. The minimum Gasteiger partial charge on any atom is -0.308 e. The number of aromatic amines is 1. The quantitative estimate of drug-likeness (QED) is 0.409. The van der Waals surface area contributed by atoms with Crippen molar-refractivity contribution in [2.45, 2.75) is 43.4 Å². The Morgan fingerprint density at radius 1 is 1.45 bits per heavy atom. The van der Waals surface area contributed by atoms with Crippen molar-refractivity contribution in [3.05, 3.63) is 22.4 Å². The van der Waals surface area contributed by atoms with E-state index in [-0.39, 0.29) is 5.69 Å². The molecule has 108 valence electrons. The Kier molecular flexibility index (Phi) is 4.74. The van der Waals surface area contributed by atoms with Crippen LogP contribution in [0.3, 0.4) is 0 Å². The van der Waals surface area contributed by atoms with E-state index in [1.54, 1.807) is 10.6 Å². The molecule has 2 aromatic heterocycles. The summed E-state index contributed by atoms with van der Waals surface area (Å²) < 4.78 is 1.59. The molecule has 0 aliphatic carbocycles. The number of nitrogens with zero attached hydrogens (tertiary/aromatic N) is 4. The Balaban J connectivity index is 2.32. The summed E-state index contributed by atoms with van der Waals surface area (Å²) in [6.07, 6.45) is 1.55. The Morgan fingerprint density at radius 2 is 2.25 bits per heavy atom. The summed E-state index contributed by atoms with van der Waals surface area (Å²) in [5.74, 6) is 6.62. The van der Waals surface area contributed by atoms with Gasteiger partial charge in [-0.15, -0.1) is 5.10 Å². The monoisotopic (exact) mass is 295 g/mol.